The molecule has 0 amide bonds. The molecule has 17 heavy (non-hydrogen) atoms. The summed E-state index contributed by atoms with van der Waals surface area (Å²) in [5, 5.41) is 3.46. The van der Waals surface area contributed by atoms with Crippen LogP contribution in [0.25, 0.3) is 0 Å². The Balaban J connectivity index is 2.32. The fourth-order valence-corrected chi connectivity index (χ4v) is 1.53. The largest absolute Gasteiger partial charge is 0.380 e. The zero-order chi connectivity index (χ0) is 12.7. The van der Waals surface area contributed by atoms with E-state index in [0.29, 0.717) is 12.6 Å². The van der Waals surface area contributed by atoms with Crippen LogP contribution in [0.5, 0.6) is 0 Å². The number of ether oxygens (including phenoxy) is 1. The van der Waals surface area contributed by atoms with E-state index >= 15 is 0 Å². The van der Waals surface area contributed by atoms with Crippen molar-refractivity contribution in [2.45, 2.75) is 26.1 Å². The van der Waals surface area contributed by atoms with Gasteiger partial charge in [0.15, 0.2) is 0 Å². The number of benzene rings is 1. The van der Waals surface area contributed by atoms with E-state index in [9.17, 15) is 0 Å². The monoisotopic (exact) mass is 236 g/mol. The molecule has 0 aliphatic heterocycles. The van der Waals surface area contributed by atoms with Crippen LogP contribution in [0.2, 0.25) is 0 Å². The highest BCUT2D eigenvalue weighted by molar-refractivity contribution is 5.21. The smallest absolute Gasteiger partial charge is 0.0713 e. The van der Waals surface area contributed by atoms with Gasteiger partial charge in [0, 0.05) is 26.2 Å². The van der Waals surface area contributed by atoms with Gasteiger partial charge in [-0.1, -0.05) is 24.3 Å². The summed E-state index contributed by atoms with van der Waals surface area (Å²) in [6, 6.07) is 9.11. The average molecular weight is 236 g/mol. The SMILES string of the molecule is COCc1ccc(CNCC(C)N(C)C)cc1. The van der Waals surface area contributed by atoms with Gasteiger partial charge in [0.1, 0.15) is 0 Å². The maximum atomic E-state index is 5.09. The molecule has 0 fully saturated rings. The Kier molecular flexibility index (Phi) is 6.19. The molecule has 0 aromatic heterocycles. The Hall–Kier alpha value is -0.900. The molecule has 96 valence electrons. The van der Waals surface area contributed by atoms with Crippen LogP contribution in [0.15, 0.2) is 24.3 Å². The molecule has 0 bridgehead atoms. The van der Waals surface area contributed by atoms with Gasteiger partial charge >= 0.3 is 0 Å². The van der Waals surface area contributed by atoms with Gasteiger partial charge < -0.3 is 15.0 Å². The minimum absolute atomic E-state index is 0.558. The van der Waals surface area contributed by atoms with E-state index in [1.165, 1.54) is 11.1 Å². The van der Waals surface area contributed by atoms with E-state index in [1.807, 2.05) is 0 Å². The molecule has 0 spiro atoms. The van der Waals surface area contributed by atoms with Gasteiger partial charge in [0.2, 0.25) is 0 Å². The molecule has 1 atom stereocenters. The van der Waals surface area contributed by atoms with Crippen LogP contribution in [0.4, 0.5) is 0 Å². The highest BCUT2D eigenvalue weighted by atomic mass is 16.5. The maximum Gasteiger partial charge on any atom is 0.0713 e. The first kappa shape index (κ1) is 14.2. The molecule has 1 aromatic rings. The first-order chi connectivity index (χ1) is 8.13. The zero-order valence-corrected chi connectivity index (χ0v) is 11.4. The number of methoxy groups -OCH3 is 1. The van der Waals surface area contributed by atoms with Crippen molar-refractivity contribution in [2.24, 2.45) is 0 Å². The van der Waals surface area contributed by atoms with Crippen LogP contribution in [0, 0.1) is 0 Å². The van der Waals surface area contributed by atoms with Crippen LogP contribution >= 0.6 is 0 Å². The van der Waals surface area contributed by atoms with Crippen LogP contribution in [0.3, 0.4) is 0 Å². The molecular formula is C14H24N2O. The van der Waals surface area contributed by atoms with Gasteiger partial charge in [-0.05, 0) is 32.1 Å². The number of nitrogens with one attached hydrogen (secondary N) is 1. The van der Waals surface area contributed by atoms with E-state index in [0.717, 1.165) is 13.1 Å². The fourth-order valence-electron chi connectivity index (χ4n) is 1.53. The van der Waals surface area contributed by atoms with Gasteiger partial charge in [0.25, 0.3) is 0 Å². The summed E-state index contributed by atoms with van der Waals surface area (Å²) < 4.78 is 5.09. The molecule has 1 N–H and O–H groups in total. The summed E-state index contributed by atoms with van der Waals surface area (Å²) in [5.74, 6) is 0. The summed E-state index contributed by atoms with van der Waals surface area (Å²) in [6.07, 6.45) is 0. The zero-order valence-electron chi connectivity index (χ0n) is 11.4. The van der Waals surface area contributed by atoms with E-state index in [-0.39, 0.29) is 0 Å². The van der Waals surface area contributed by atoms with Crippen LogP contribution < -0.4 is 5.32 Å². The molecule has 3 nitrogen and oxygen atoms in total. The minimum atomic E-state index is 0.558. The summed E-state index contributed by atoms with van der Waals surface area (Å²) in [4.78, 5) is 2.22. The van der Waals surface area contributed by atoms with Gasteiger partial charge in [0.05, 0.1) is 6.61 Å². The fraction of sp³-hybridized carbons (Fsp3) is 0.571. The molecule has 0 saturated heterocycles. The number of hydrogen-bond acceptors (Lipinski definition) is 3. The normalized spacial score (nSPS) is 13.0. The van der Waals surface area contributed by atoms with Crippen molar-refractivity contribution in [3.8, 4) is 0 Å². The van der Waals surface area contributed by atoms with Crippen LogP contribution in [-0.2, 0) is 17.9 Å². The van der Waals surface area contributed by atoms with Crippen molar-refractivity contribution in [3.63, 3.8) is 0 Å². The Morgan fingerprint density at radius 2 is 1.76 bits per heavy atom. The third kappa shape index (κ3) is 5.31. The average Bonchev–Trinajstić information content (AvgIpc) is 2.31. The topological polar surface area (TPSA) is 24.5 Å². The van der Waals surface area contributed by atoms with Gasteiger partial charge in [-0.15, -0.1) is 0 Å². The lowest BCUT2D eigenvalue weighted by Gasteiger charge is -2.20. The lowest BCUT2D eigenvalue weighted by atomic mass is 10.1. The highest BCUT2D eigenvalue weighted by Crippen LogP contribution is 2.05. The van der Waals surface area contributed by atoms with Gasteiger partial charge in [-0.25, -0.2) is 0 Å². The lowest BCUT2D eigenvalue weighted by Crippen LogP contribution is -2.35. The third-order valence-electron chi connectivity index (χ3n) is 2.98. The highest BCUT2D eigenvalue weighted by Gasteiger charge is 2.03. The predicted octanol–water partition coefficient (Wildman–Crippen LogP) is 1.87. The van der Waals surface area contributed by atoms with E-state index in [2.05, 4.69) is 55.5 Å². The summed E-state index contributed by atoms with van der Waals surface area (Å²) in [6.45, 7) is 4.83. The molecule has 1 rings (SSSR count). The molecule has 0 radical (unpaired) electrons. The van der Waals surface area contributed by atoms with Gasteiger partial charge in [-0.2, -0.15) is 0 Å². The van der Waals surface area contributed by atoms with Crippen LogP contribution in [0.1, 0.15) is 18.1 Å². The molecule has 3 heteroatoms. The summed E-state index contributed by atoms with van der Waals surface area (Å²) >= 11 is 0. The first-order valence-electron chi connectivity index (χ1n) is 6.07. The number of rotatable bonds is 7. The van der Waals surface area contributed by atoms with Crippen molar-refractivity contribution in [1.29, 1.82) is 0 Å². The van der Waals surface area contributed by atoms with Crippen molar-refractivity contribution in [2.75, 3.05) is 27.7 Å². The van der Waals surface area contributed by atoms with Crippen molar-refractivity contribution >= 4 is 0 Å². The first-order valence-corrected chi connectivity index (χ1v) is 6.07. The Bertz CT molecular complexity index is 309. The van der Waals surface area contributed by atoms with Crippen LogP contribution in [-0.4, -0.2) is 38.7 Å². The van der Waals surface area contributed by atoms with Crippen molar-refractivity contribution in [3.05, 3.63) is 35.4 Å². The molecule has 0 aliphatic rings. The van der Waals surface area contributed by atoms with Crippen molar-refractivity contribution in [1.82, 2.24) is 10.2 Å². The minimum Gasteiger partial charge on any atom is -0.380 e. The van der Waals surface area contributed by atoms with Crippen molar-refractivity contribution < 1.29 is 4.74 Å². The Morgan fingerprint density at radius 3 is 2.29 bits per heavy atom. The number of nitrogens with zero attached hydrogens (tertiary/aromatic N) is 1. The molecule has 0 saturated carbocycles. The quantitative estimate of drug-likeness (QED) is 0.782. The molecule has 1 unspecified atom stereocenters. The second kappa shape index (κ2) is 7.43. The number of likely N-dealkylation sites (N-methyl/N-ethyl adjacent to an activating group) is 1. The molecule has 1 aromatic carbocycles. The standard InChI is InChI=1S/C14H24N2O/c1-12(16(2)3)9-15-10-13-5-7-14(8-6-13)11-17-4/h5-8,12,15H,9-11H2,1-4H3. The summed E-state index contributed by atoms with van der Waals surface area (Å²) in [5.41, 5.74) is 2.54. The van der Waals surface area contributed by atoms with E-state index in [1.54, 1.807) is 7.11 Å². The molecule has 0 heterocycles. The van der Waals surface area contributed by atoms with E-state index < -0.39 is 0 Å². The second-order valence-corrected chi connectivity index (χ2v) is 4.69. The predicted molar refractivity (Wildman–Crippen MR) is 72.0 cm³/mol. The Morgan fingerprint density at radius 1 is 1.18 bits per heavy atom. The molecular weight excluding hydrogens is 212 g/mol. The number of hydrogen-bond donors (Lipinski definition) is 1. The molecule has 0 aliphatic carbocycles. The lowest BCUT2D eigenvalue weighted by molar-refractivity contribution is 0.185. The Labute approximate surface area is 105 Å². The summed E-state index contributed by atoms with van der Waals surface area (Å²) in [7, 11) is 5.93. The van der Waals surface area contributed by atoms with Gasteiger partial charge in [-0.3, -0.25) is 0 Å². The third-order valence-corrected chi connectivity index (χ3v) is 2.98. The second-order valence-electron chi connectivity index (χ2n) is 4.69. The maximum absolute atomic E-state index is 5.09. The van der Waals surface area contributed by atoms with E-state index in [4.69, 9.17) is 4.74 Å².